The van der Waals surface area contributed by atoms with Gasteiger partial charge in [-0.25, -0.2) is 4.79 Å². The maximum atomic E-state index is 13.8. The van der Waals surface area contributed by atoms with Crippen LogP contribution >= 0.6 is 0 Å². The summed E-state index contributed by atoms with van der Waals surface area (Å²) in [7, 11) is 0. The van der Waals surface area contributed by atoms with E-state index < -0.39 is 18.1 Å². The van der Waals surface area contributed by atoms with Gasteiger partial charge in [-0.2, -0.15) is 0 Å². The van der Waals surface area contributed by atoms with Gasteiger partial charge in [-0.3, -0.25) is 14.9 Å². The molecule has 2 aliphatic rings. The Morgan fingerprint density at radius 2 is 1.65 bits per heavy atom. The Hall–Kier alpha value is -3.19. The zero-order chi connectivity index (χ0) is 26.2. The fraction of sp³-hybridized carbons (Fsp3) is 0.500. The lowest BCUT2D eigenvalue weighted by Gasteiger charge is -2.32. The van der Waals surface area contributed by atoms with Crippen molar-refractivity contribution in [3.63, 3.8) is 0 Å². The molecule has 1 aliphatic heterocycles. The lowest BCUT2D eigenvalue weighted by molar-refractivity contribution is -0.156. The second-order valence-corrected chi connectivity index (χ2v) is 10.1. The van der Waals surface area contributed by atoms with Gasteiger partial charge in [-0.1, -0.05) is 67.1 Å². The summed E-state index contributed by atoms with van der Waals surface area (Å²) in [5.74, 6) is -0.573. The summed E-state index contributed by atoms with van der Waals surface area (Å²) in [5.41, 5.74) is 2.03. The monoisotopic (exact) mass is 506 g/mol. The van der Waals surface area contributed by atoms with Gasteiger partial charge in [-0.05, 0) is 63.0 Å². The van der Waals surface area contributed by atoms with Crippen molar-refractivity contribution in [1.29, 1.82) is 0 Å². The second kappa shape index (κ2) is 12.9. The number of benzene rings is 2. The van der Waals surface area contributed by atoms with Gasteiger partial charge in [0.1, 0.15) is 18.7 Å². The number of aryl methyl sites for hydroxylation is 1. The van der Waals surface area contributed by atoms with Crippen LogP contribution in [0.25, 0.3) is 0 Å². The van der Waals surface area contributed by atoms with Crippen LogP contribution < -0.4 is 5.32 Å². The van der Waals surface area contributed by atoms with Crippen molar-refractivity contribution >= 4 is 17.8 Å². The normalized spacial score (nSPS) is 22.2. The molecule has 0 aromatic heterocycles. The standard InChI is InChI=1S/C30H38N2O5/c1-3-36-29(34)25(18-17-22-11-6-4-7-12-22)31-21(2)28(33)32-26-16-10-15-24(26)19-27(32)30(35)37-20-23-13-8-5-9-14-23/h4-9,11-14,21,24-27,31H,3,10,15-20H2,1-2H3/t21-,24+,25-,26+,27+/m0/s1. The number of amides is 1. The minimum Gasteiger partial charge on any atom is -0.465 e. The van der Waals surface area contributed by atoms with Crippen LogP contribution in [0.3, 0.4) is 0 Å². The quantitative estimate of drug-likeness (QED) is 0.463. The average Bonchev–Trinajstić information content (AvgIpc) is 3.52. The van der Waals surface area contributed by atoms with Crippen molar-refractivity contribution < 1.29 is 23.9 Å². The van der Waals surface area contributed by atoms with E-state index in [4.69, 9.17) is 9.47 Å². The van der Waals surface area contributed by atoms with Crippen LogP contribution in [0.15, 0.2) is 60.7 Å². The first-order valence-electron chi connectivity index (χ1n) is 13.5. The Bertz CT molecular complexity index is 1040. The predicted molar refractivity (Wildman–Crippen MR) is 140 cm³/mol. The highest BCUT2D eigenvalue weighted by atomic mass is 16.5. The molecule has 1 amide bonds. The van der Waals surface area contributed by atoms with Crippen LogP contribution in [0.5, 0.6) is 0 Å². The number of nitrogens with one attached hydrogen (secondary N) is 1. The van der Waals surface area contributed by atoms with Crippen molar-refractivity contribution in [2.24, 2.45) is 5.92 Å². The summed E-state index contributed by atoms with van der Waals surface area (Å²) in [4.78, 5) is 41.4. The number of rotatable bonds is 11. The molecule has 1 saturated heterocycles. The minimum absolute atomic E-state index is 0.0383. The summed E-state index contributed by atoms with van der Waals surface area (Å²) in [6, 6.07) is 17.7. The van der Waals surface area contributed by atoms with E-state index in [1.54, 1.807) is 18.7 Å². The lowest BCUT2D eigenvalue weighted by atomic mass is 10.0. The van der Waals surface area contributed by atoms with Crippen LogP contribution in [0.2, 0.25) is 0 Å². The first kappa shape index (κ1) is 26.9. The zero-order valence-corrected chi connectivity index (χ0v) is 21.8. The lowest BCUT2D eigenvalue weighted by Crippen LogP contribution is -2.55. The fourth-order valence-corrected chi connectivity index (χ4v) is 5.71. The van der Waals surface area contributed by atoms with E-state index in [1.807, 2.05) is 60.7 Å². The van der Waals surface area contributed by atoms with Gasteiger partial charge >= 0.3 is 11.9 Å². The molecule has 0 unspecified atom stereocenters. The van der Waals surface area contributed by atoms with Crippen LogP contribution in [-0.4, -0.2) is 53.5 Å². The van der Waals surface area contributed by atoms with Crippen LogP contribution in [0, 0.1) is 5.92 Å². The van der Waals surface area contributed by atoms with Crippen LogP contribution in [0.4, 0.5) is 0 Å². The van der Waals surface area contributed by atoms with E-state index in [-0.39, 0.29) is 37.1 Å². The molecular weight excluding hydrogens is 468 g/mol. The molecule has 1 heterocycles. The van der Waals surface area contributed by atoms with Gasteiger partial charge in [0, 0.05) is 6.04 Å². The molecule has 0 bridgehead atoms. The van der Waals surface area contributed by atoms with Crippen LogP contribution in [0.1, 0.15) is 57.1 Å². The first-order valence-corrected chi connectivity index (χ1v) is 13.5. The van der Waals surface area contributed by atoms with E-state index in [0.29, 0.717) is 25.2 Å². The molecule has 5 atom stereocenters. The van der Waals surface area contributed by atoms with Crippen molar-refractivity contribution in [2.45, 2.75) is 83.1 Å². The number of likely N-dealkylation sites (tertiary alicyclic amines) is 1. The molecular formula is C30H38N2O5. The van der Waals surface area contributed by atoms with Crippen molar-refractivity contribution in [3.05, 3.63) is 71.8 Å². The third-order valence-corrected chi connectivity index (χ3v) is 7.55. The Kier molecular flexibility index (Phi) is 9.34. The maximum absolute atomic E-state index is 13.8. The van der Waals surface area contributed by atoms with Gasteiger partial charge in [0.2, 0.25) is 5.91 Å². The minimum atomic E-state index is -0.644. The van der Waals surface area contributed by atoms with Gasteiger partial charge in [0.05, 0.1) is 12.6 Å². The van der Waals surface area contributed by atoms with Gasteiger partial charge in [-0.15, -0.1) is 0 Å². The summed E-state index contributed by atoms with van der Waals surface area (Å²) in [6.45, 7) is 4.00. The molecule has 1 aliphatic carbocycles. The molecule has 2 aromatic carbocycles. The van der Waals surface area contributed by atoms with Crippen molar-refractivity contribution in [3.8, 4) is 0 Å². The van der Waals surface area contributed by atoms with Gasteiger partial charge < -0.3 is 14.4 Å². The number of hydrogen-bond donors (Lipinski definition) is 1. The fourth-order valence-electron chi connectivity index (χ4n) is 5.71. The Balaban J connectivity index is 1.43. The van der Waals surface area contributed by atoms with E-state index in [1.165, 1.54) is 0 Å². The molecule has 2 fully saturated rings. The third kappa shape index (κ3) is 6.77. The summed E-state index contributed by atoms with van der Waals surface area (Å²) in [6.07, 6.45) is 4.78. The van der Waals surface area contributed by atoms with E-state index in [0.717, 1.165) is 30.4 Å². The number of ether oxygens (including phenoxy) is 2. The number of fused-ring (bicyclic) bond motifs is 1. The summed E-state index contributed by atoms with van der Waals surface area (Å²) < 4.78 is 10.9. The SMILES string of the molecule is CCOC(=O)[C@H](CCc1ccccc1)N[C@@H](C)C(=O)N1[C@@H](C(=O)OCc2ccccc2)C[C@H]2CCC[C@H]21. The maximum Gasteiger partial charge on any atom is 0.329 e. The molecule has 0 spiro atoms. The molecule has 4 rings (SSSR count). The highest BCUT2D eigenvalue weighted by Gasteiger charge is 2.50. The number of carbonyl (C=O) groups is 3. The first-order chi connectivity index (χ1) is 18.0. The molecule has 198 valence electrons. The smallest absolute Gasteiger partial charge is 0.329 e. The molecule has 7 nitrogen and oxygen atoms in total. The Labute approximate surface area is 219 Å². The highest BCUT2D eigenvalue weighted by molar-refractivity contribution is 5.89. The van der Waals surface area contributed by atoms with Crippen LogP contribution in [-0.2, 0) is 36.9 Å². The van der Waals surface area contributed by atoms with E-state index in [2.05, 4.69) is 5.32 Å². The topological polar surface area (TPSA) is 84.9 Å². The van der Waals surface area contributed by atoms with E-state index in [9.17, 15) is 14.4 Å². The molecule has 0 radical (unpaired) electrons. The predicted octanol–water partition coefficient (Wildman–Crippen LogP) is 4.04. The van der Waals surface area contributed by atoms with Crippen molar-refractivity contribution in [2.75, 3.05) is 6.61 Å². The van der Waals surface area contributed by atoms with Gasteiger partial charge in [0.15, 0.2) is 0 Å². The number of esters is 2. The second-order valence-electron chi connectivity index (χ2n) is 10.1. The van der Waals surface area contributed by atoms with Crippen molar-refractivity contribution in [1.82, 2.24) is 10.2 Å². The molecule has 1 N–H and O–H groups in total. The Morgan fingerprint density at radius 1 is 0.973 bits per heavy atom. The third-order valence-electron chi connectivity index (χ3n) is 7.55. The highest BCUT2D eigenvalue weighted by Crippen LogP contribution is 2.42. The average molecular weight is 507 g/mol. The molecule has 2 aromatic rings. The molecule has 37 heavy (non-hydrogen) atoms. The Morgan fingerprint density at radius 3 is 2.32 bits per heavy atom. The molecule has 7 heteroatoms. The van der Waals surface area contributed by atoms with Gasteiger partial charge in [0.25, 0.3) is 0 Å². The number of hydrogen-bond acceptors (Lipinski definition) is 6. The van der Waals surface area contributed by atoms with E-state index >= 15 is 0 Å². The number of nitrogens with zero attached hydrogens (tertiary/aromatic N) is 1. The number of carbonyl (C=O) groups excluding carboxylic acids is 3. The summed E-state index contributed by atoms with van der Waals surface area (Å²) in [5, 5.41) is 3.23. The zero-order valence-electron chi connectivity index (χ0n) is 21.8. The molecule has 1 saturated carbocycles. The largest absolute Gasteiger partial charge is 0.465 e. The summed E-state index contributed by atoms with van der Waals surface area (Å²) >= 11 is 0.